The minimum atomic E-state index is -0.270. The molecule has 0 atom stereocenters. The van der Waals surface area contributed by atoms with Crippen LogP contribution < -0.4 is 10.6 Å². The normalized spacial score (nSPS) is 16.7. The Balaban J connectivity index is 1.91. The van der Waals surface area contributed by atoms with E-state index in [0.29, 0.717) is 13.1 Å². The molecule has 9 heteroatoms. The van der Waals surface area contributed by atoms with Gasteiger partial charge in [0.1, 0.15) is 12.4 Å². The van der Waals surface area contributed by atoms with Gasteiger partial charge in [-0.05, 0) is 20.8 Å². The summed E-state index contributed by atoms with van der Waals surface area (Å²) in [6, 6.07) is 0. The lowest BCUT2D eigenvalue weighted by Gasteiger charge is -2.27. The average molecular weight is 367 g/mol. The molecule has 0 aromatic carbocycles. The van der Waals surface area contributed by atoms with E-state index in [4.69, 9.17) is 9.47 Å². The van der Waals surface area contributed by atoms with E-state index in [0.717, 1.165) is 57.0 Å². The Morgan fingerprint density at radius 1 is 1.27 bits per heavy atom. The number of morpholine rings is 1. The summed E-state index contributed by atoms with van der Waals surface area (Å²) in [4.78, 5) is 7.05. The zero-order valence-electron chi connectivity index (χ0n) is 16.7. The Bertz CT molecular complexity index is 580. The molecule has 1 aliphatic rings. The third-order valence-electron chi connectivity index (χ3n) is 4.62. The fraction of sp³-hybridized carbons (Fsp3) is 0.824. The van der Waals surface area contributed by atoms with Crippen LogP contribution >= 0.6 is 0 Å². The van der Waals surface area contributed by atoms with Gasteiger partial charge < -0.3 is 24.7 Å². The molecule has 2 rings (SSSR count). The van der Waals surface area contributed by atoms with Crippen molar-refractivity contribution >= 4 is 5.96 Å². The molecule has 1 saturated heterocycles. The van der Waals surface area contributed by atoms with Crippen molar-refractivity contribution < 1.29 is 9.47 Å². The van der Waals surface area contributed by atoms with Crippen LogP contribution in [0.25, 0.3) is 0 Å². The lowest BCUT2D eigenvalue weighted by atomic mass is 10.1. The number of nitrogens with zero attached hydrogens (tertiary/aromatic N) is 5. The SMILES string of the molecule is COC(C)(C)CNC(=NCc1nnc(C)n1C)NCCN1CCOCC1. The highest BCUT2D eigenvalue weighted by atomic mass is 16.5. The predicted molar refractivity (Wildman–Crippen MR) is 101 cm³/mol. The first-order valence-corrected chi connectivity index (χ1v) is 9.13. The van der Waals surface area contributed by atoms with Crippen molar-refractivity contribution in [3.63, 3.8) is 0 Å². The zero-order chi connectivity index (χ0) is 19.0. The minimum absolute atomic E-state index is 0.270. The lowest BCUT2D eigenvalue weighted by molar-refractivity contribution is 0.0267. The number of hydrogen-bond acceptors (Lipinski definition) is 6. The summed E-state index contributed by atoms with van der Waals surface area (Å²) in [6.45, 7) is 12.5. The highest BCUT2D eigenvalue weighted by molar-refractivity contribution is 5.79. The van der Waals surface area contributed by atoms with Crippen LogP contribution in [0.3, 0.4) is 0 Å². The van der Waals surface area contributed by atoms with Gasteiger partial charge in [-0.1, -0.05) is 0 Å². The topological polar surface area (TPSA) is 88.8 Å². The molecular formula is C17H33N7O2. The molecule has 0 spiro atoms. The summed E-state index contributed by atoms with van der Waals surface area (Å²) in [6.07, 6.45) is 0. The number of ether oxygens (including phenoxy) is 2. The second-order valence-corrected chi connectivity index (χ2v) is 7.09. The molecule has 2 heterocycles. The molecule has 2 N–H and O–H groups in total. The average Bonchev–Trinajstić information content (AvgIpc) is 2.96. The third kappa shape index (κ3) is 6.54. The van der Waals surface area contributed by atoms with Gasteiger partial charge in [-0.2, -0.15) is 0 Å². The third-order valence-corrected chi connectivity index (χ3v) is 4.62. The smallest absolute Gasteiger partial charge is 0.191 e. The molecule has 1 aliphatic heterocycles. The summed E-state index contributed by atoms with van der Waals surface area (Å²) in [5.74, 6) is 2.47. The van der Waals surface area contributed by atoms with Crippen molar-refractivity contribution in [2.75, 3.05) is 53.0 Å². The van der Waals surface area contributed by atoms with E-state index in [9.17, 15) is 0 Å². The van der Waals surface area contributed by atoms with Crippen LogP contribution in [0.5, 0.6) is 0 Å². The van der Waals surface area contributed by atoms with Gasteiger partial charge in [-0.15, -0.1) is 10.2 Å². The largest absolute Gasteiger partial charge is 0.379 e. The molecule has 0 bridgehead atoms. The molecule has 0 radical (unpaired) electrons. The molecule has 0 aliphatic carbocycles. The van der Waals surface area contributed by atoms with Gasteiger partial charge in [0.15, 0.2) is 11.8 Å². The molecule has 0 amide bonds. The number of methoxy groups -OCH3 is 1. The summed E-state index contributed by atoms with van der Waals surface area (Å²) >= 11 is 0. The van der Waals surface area contributed by atoms with Crippen LogP contribution in [0.1, 0.15) is 25.5 Å². The van der Waals surface area contributed by atoms with Crippen LogP contribution in [-0.2, 0) is 23.1 Å². The van der Waals surface area contributed by atoms with Gasteiger partial charge in [-0.25, -0.2) is 4.99 Å². The Morgan fingerprint density at radius 3 is 2.62 bits per heavy atom. The van der Waals surface area contributed by atoms with Gasteiger partial charge in [0, 0.05) is 46.9 Å². The Kier molecular flexibility index (Phi) is 7.80. The number of aromatic nitrogens is 3. The second-order valence-electron chi connectivity index (χ2n) is 7.09. The molecule has 148 valence electrons. The van der Waals surface area contributed by atoms with Gasteiger partial charge in [0.05, 0.1) is 18.8 Å². The maximum Gasteiger partial charge on any atom is 0.191 e. The van der Waals surface area contributed by atoms with E-state index in [1.165, 1.54) is 0 Å². The van der Waals surface area contributed by atoms with E-state index in [-0.39, 0.29) is 5.60 Å². The molecule has 1 aromatic rings. The first-order chi connectivity index (χ1) is 12.4. The first kappa shape index (κ1) is 20.6. The summed E-state index contributed by atoms with van der Waals surface area (Å²) in [7, 11) is 3.67. The highest BCUT2D eigenvalue weighted by Crippen LogP contribution is 2.05. The van der Waals surface area contributed by atoms with Crippen LogP contribution in [0, 0.1) is 6.92 Å². The Morgan fingerprint density at radius 2 is 2.00 bits per heavy atom. The fourth-order valence-electron chi connectivity index (χ4n) is 2.44. The van der Waals surface area contributed by atoms with Gasteiger partial charge in [0.2, 0.25) is 0 Å². The van der Waals surface area contributed by atoms with Crippen LogP contribution in [0.2, 0.25) is 0 Å². The molecular weight excluding hydrogens is 334 g/mol. The number of nitrogens with one attached hydrogen (secondary N) is 2. The fourth-order valence-corrected chi connectivity index (χ4v) is 2.44. The van der Waals surface area contributed by atoms with Crippen LogP contribution in [-0.4, -0.2) is 84.3 Å². The first-order valence-electron chi connectivity index (χ1n) is 9.13. The van der Waals surface area contributed by atoms with Crippen molar-refractivity contribution in [3.05, 3.63) is 11.6 Å². The number of hydrogen-bond donors (Lipinski definition) is 2. The Hall–Kier alpha value is -1.71. The monoisotopic (exact) mass is 367 g/mol. The quantitative estimate of drug-likeness (QED) is 0.491. The summed E-state index contributed by atoms with van der Waals surface area (Å²) in [5, 5.41) is 15.0. The van der Waals surface area contributed by atoms with Gasteiger partial charge in [-0.3, -0.25) is 4.90 Å². The van der Waals surface area contributed by atoms with E-state index in [1.807, 2.05) is 32.4 Å². The van der Waals surface area contributed by atoms with Crippen molar-refractivity contribution in [1.82, 2.24) is 30.3 Å². The van der Waals surface area contributed by atoms with E-state index >= 15 is 0 Å². The maximum absolute atomic E-state index is 5.48. The number of aryl methyl sites for hydroxylation is 1. The lowest BCUT2D eigenvalue weighted by Crippen LogP contribution is -2.48. The van der Waals surface area contributed by atoms with Crippen molar-refractivity contribution in [3.8, 4) is 0 Å². The van der Waals surface area contributed by atoms with E-state index < -0.39 is 0 Å². The highest BCUT2D eigenvalue weighted by Gasteiger charge is 2.17. The van der Waals surface area contributed by atoms with Gasteiger partial charge >= 0.3 is 0 Å². The molecule has 1 aromatic heterocycles. The van der Waals surface area contributed by atoms with Crippen molar-refractivity contribution in [2.24, 2.45) is 12.0 Å². The maximum atomic E-state index is 5.48. The molecule has 0 saturated carbocycles. The summed E-state index contributed by atoms with van der Waals surface area (Å²) < 4.78 is 12.8. The second kappa shape index (κ2) is 9.84. The van der Waals surface area contributed by atoms with Crippen molar-refractivity contribution in [2.45, 2.75) is 32.9 Å². The Labute approximate surface area is 156 Å². The van der Waals surface area contributed by atoms with Crippen molar-refractivity contribution in [1.29, 1.82) is 0 Å². The number of rotatable bonds is 8. The standard InChI is InChI=1S/C17H33N7O2/c1-14-21-22-15(23(14)4)12-19-16(20-13-17(2,3)25-5)18-6-7-24-8-10-26-11-9-24/h6-13H2,1-5H3,(H2,18,19,20). The summed E-state index contributed by atoms with van der Waals surface area (Å²) in [5.41, 5.74) is -0.270. The minimum Gasteiger partial charge on any atom is -0.379 e. The number of aliphatic imine (C=N–C) groups is 1. The molecule has 26 heavy (non-hydrogen) atoms. The molecule has 1 fully saturated rings. The van der Waals surface area contributed by atoms with Crippen LogP contribution in [0.15, 0.2) is 4.99 Å². The van der Waals surface area contributed by atoms with Crippen LogP contribution in [0.4, 0.5) is 0 Å². The number of guanidine groups is 1. The van der Waals surface area contributed by atoms with E-state index in [2.05, 4.69) is 30.7 Å². The molecule has 0 unspecified atom stereocenters. The zero-order valence-corrected chi connectivity index (χ0v) is 16.7. The van der Waals surface area contributed by atoms with Gasteiger partial charge in [0.25, 0.3) is 0 Å². The van der Waals surface area contributed by atoms with E-state index in [1.54, 1.807) is 7.11 Å². The predicted octanol–water partition coefficient (Wildman–Crippen LogP) is -0.0841. The molecule has 9 nitrogen and oxygen atoms in total.